The quantitative estimate of drug-likeness (QED) is 0.0759. The highest BCUT2D eigenvalue weighted by Gasteiger charge is 2.35. The summed E-state index contributed by atoms with van der Waals surface area (Å²) in [4.78, 5) is 50.5. The lowest BCUT2D eigenvalue weighted by molar-refractivity contribution is 0.0530. The Hall–Kier alpha value is -7.70. The average Bonchev–Trinajstić information content (AvgIpc) is 4.38. The Bertz CT molecular complexity index is 3220. The molecule has 6 aliphatic rings. The summed E-state index contributed by atoms with van der Waals surface area (Å²) in [5.41, 5.74) is 1.21. The van der Waals surface area contributed by atoms with Gasteiger partial charge in [0.2, 0.25) is 0 Å². The summed E-state index contributed by atoms with van der Waals surface area (Å²) in [7, 11) is 2.02. The summed E-state index contributed by atoms with van der Waals surface area (Å²) in [5.74, 6) is 3.79. The number of amidine groups is 4. The van der Waals surface area contributed by atoms with Gasteiger partial charge in [0.15, 0.2) is 34.8 Å². The van der Waals surface area contributed by atoms with Crippen LogP contribution in [0.1, 0.15) is 118 Å². The first-order valence-corrected chi connectivity index (χ1v) is 28.9. The third-order valence-corrected chi connectivity index (χ3v) is 16.5. The Morgan fingerprint density at radius 2 is 0.962 bits per heavy atom. The van der Waals surface area contributed by atoms with Gasteiger partial charge in [-0.25, -0.2) is 8.42 Å². The minimum atomic E-state index is -1.84. The van der Waals surface area contributed by atoms with E-state index < -0.39 is 22.3 Å². The standard InChI is InChI=1S/C30H33N7O5S.C25H32N6O4S/c1-19-12-13-24(42-19)25(20-7-2-3-8-20)33-28-27(34-43(41)35-28)32-22-11-6-9-21(26(22)38)29(39)36-15-17-37(18-16-36)30(40)23-10-4-5-14-31-23;1-16-10-11-20(35-16)21(17-6-3-4-7-17)27-24-23(28-36(34)29-24)26-19-9-5-8-18(22(19)32)25(33)31-14-12-30(2)13-15-31/h4-6,9-14,20,25,38H,2-3,7-8,15-18H2,1H3,(H,32,34)(H,33,35);5,8-11,17,21,32H,3-4,6-7,12-15H2,1-2H3,(H,26,28)(H,27,29)/t25-,43?;21-,36?/m11/s1. The molecule has 6 N–H and O–H groups in total. The van der Waals surface area contributed by atoms with Gasteiger partial charge in [0.25, 0.3) is 40.1 Å². The van der Waals surface area contributed by atoms with Crippen LogP contribution in [0.15, 0.2) is 111 Å². The molecule has 2 saturated carbocycles. The Morgan fingerprint density at radius 3 is 1.37 bits per heavy atom. The van der Waals surface area contributed by atoms with Crippen molar-refractivity contribution in [3.63, 3.8) is 0 Å². The van der Waals surface area contributed by atoms with E-state index in [0.717, 1.165) is 87.5 Å². The van der Waals surface area contributed by atoms with Crippen LogP contribution in [-0.4, -0.2) is 144 Å². The number of hydrogen-bond donors (Lipinski definition) is 6. The number of carbonyl (C=O) groups excluding carboxylic acids is 3. The second-order valence-corrected chi connectivity index (χ2v) is 22.2. The Labute approximate surface area is 463 Å². The smallest absolute Gasteiger partial charge is 0.272 e. The number of furan rings is 2. The van der Waals surface area contributed by atoms with Crippen LogP contribution in [0.25, 0.3) is 0 Å². The molecule has 4 atom stereocenters. The normalized spacial score (nSPS) is 20.6. The fourth-order valence-corrected chi connectivity index (χ4v) is 12.1. The van der Waals surface area contributed by atoms with Gasteiger partial charge >= 0.3 is 0 Å². The van der Waals surface area contributed by atoms with E-state index in [0.29, 0.717) is 74.2 Å². The largest absolute Gasteiger partial charge is 0.505 e. The van der Waals surface area contributed by atoms with E-state index in [-0.39, 0.29) is 69.8 Å². The summed E-state index contributed by atoms with van der Waals surface area (Å²) in [6, 6.07) is 22.4. The van der Waals surface area contributed by atoms with Crippen molar-refractivity contribution in [2.24, 2.45) is 29.4 Å². The number of aryl methyl sites for hydroxylation is 2. The van der Waals surface area contributed by atoms with Gasteiger partial charge in [0.05, 0.1) is 34.6 Å². The zero-order chi connectivity index (χ0) is 55.2. The third kappa shape index (κ3) is 12.8. The number of phenols is 2. The highest BCUT2D eigenvalue weighted by molar-refractivity contribution is 7.83. The fourth-order valence-electron chi connectivity index (χ4n) is 10.8. The van der Waals surface area contributed by atoms with E-state index in [2.05, 4.69) is 48.7 Å². The number of carbonyl (C=O) groups is 3. The summed E-state index contributed by atoms with van der Waals surface area (Å²) in [6.45, 7) is 7.92. The number of para-hydroxylation sites is 2. The van der Waals surface area contributed by atoms with Gasteiger partial charge in [-0.1, -0.05) is 43.9 Å². The van der Waals surface area contributed by atoms with Gasteiger partial charge in [0, 0.05) is 58.6 Å². The predicted molar refractivity (Wildman–Crippen MR) is 301 cm³/mol. The molecule has 11 rings (SSSR count). The van der Waals surface area contributed by atoms with Gasteiger partial charge in [0.1, 0.15) is 28.7 Å². The van der Waals surface area contributed by atoms with E-state index in [1.807, 2.05) is 45.2 Å². The molecule has 0 bridgehead atoms. The number of aromatic hydroxyl groups is 2. The molecular formula is C55H65N13O9S2. The van der Waals surface area contributed by atoms with Crippen LogP contribution in [0.5, 0.6) is 11.5 Å². The lowest BCUT2D eigenvalue weighted by Gasteiger charge is -2.34. The Balaban J connectivity index is 0.000000181. The number of nitrogens with one attached hydrogen (secondary N) is 4. The molecule has 416 valence electrons. The van der Waals surface area contributed by atoms with Crippen molar-refractivity contribution < 1.29 is 41.8 Å². The monoisotopic (exact) mass is 1120 g/mol. The molecule has 22 nitrogen and oxygen atoms in total. The molecule has 5 aromatic rings. The predicted octanol–water partition coefficient (Wildman–Crippen LogP) is 6.61. The number of pyridine rings is 1. The second kappa shape index (κ2) is 24.5. The van der Waals surface area contributed by atoms with Crippen LogP contribution in [-0.2, 0) is 22.3 Å². The summed E-state index contributed by atoms with van der Waals surface area (Å²) in [6.07, 6.45) is 10.3. The number of aromatic nitrogens is 1. The topological polar surface area (TPSA) is 275 Å². The first kappa shape index (κ1) is 54.6. The minimum absolute atomic E-state index is 0.107. The van der Waals surface area contributed by atoms with Crippen molar-refractivity contribution in [1.82, 2.24) is 35.2 Å². The Kier molecular flexibility index (Phi) is 17.0. The van der Waals surface area contributed by atoms with E-state index in [1.54, 1.807) is 75.5 Å². The molecule has 4 aliphatic heterocycles. The van der Waals surface area contributed by atoms with Crippen LogP contribution in [0.2, 0.25) is 0 Å². The zero-order valence-electron chi connectivity index (χ0n) is 44.3. The molecule has 2 saturated heterocycles. The molecule has 3 aromatic heterocycles. The number of amides is 3. The number of anilines is 2. The zero-order valence-corrected chi connectivity index (χ0v) is 45.9. The fraction of sp³-hybridized carbons (Fsp3) is 0.418. The molecule has 4 fully saturated rings. The van der Waals surface area contributed by atoms with Crippen LogP contribution in [0, 0.1) is 25.7 Å². The number of phenolic OH excluding ortho intramolecular Hbond substituents is 2. The summed E-state index contributed by atoms with van der Waals surface area (Å²) < 4.78 is 53.2. The number of nitrogens with zero attached hydrogens (tertiary/aromatic N) is 9. The van der Waals surface area contributed by atoms with E-state index in [9.17, 15) is 33.0 Å². The maximum Gasteiger partial charge on any atom is 0.272 e. The van der Waals surface area contributed by atoms with Gasteiger partial charge in [-0.3, -0.25) is 19.4 Å². The molecule has 2 unspecified atom stereocenters. The molecule has 24 heteroatoms. The van der Waals surface area contributed by atoms with Crippen molar-refractivity contribution in [2.75, 3.05) is 70.0 Å². The number of rotatable bonds is 11. The number of benzene rings is 2. The maximum atomic E-state index is 13.4. The molecule has 79 heavy (non-hydrogen) atoms. The molecule has 2 aromatic carbocycles. The van der Waals surface area contributed by atoms with Gasteiger partial charge in [-0.05, 0) is 119 Å². The van der Waals surface area contributed by atoms with Crippen molar-refractivity contribution in [3.8, 4) is 11.5 Å². The number of piperazine rings is 2. The first-order valence-electron chi connectivity index (χ1n) is 26.8. The minimum Gasteiger partial charge on any atom is -0.505 e. The molecule has 2 aliphatic carbocycles. The van der Waals surface area contributed by atoms with Crippen LogP contribution in [0.4, 0.5) is 11.4 Å². The highest BCUT2D eigenvalue weighted by atomic mass is 32.2. The van der Waals surface area contributed by atoms with Gasteiger partial charge < -0.3 is 59.9 Å². The average molecular weight is 1120 g/mol. The first-order chi connectivity index (χ1) is 38.3. The second-order valence-electron chi connectivity index (χ2n) is 20.5. The van der Waals surface area contributed by atoms with Crippen molar-refractivity contribution in [3.05, 3.63) is 125 Å². The molecule has 7 heterocycles. The molecular weight excluding hydrogens is 1050 g/mol. The highest BCUT2D eigenvalue weighted by Crippen LogP contribution is 2.39. The summed E-state index contributed by atoms with van der Waals surface area (Å²) in [5, 5.41) is 35.0. The lowest BCUT2D eigenvalue weighted by Crippen LogP contribution is -2.50. The van der Waals surface area contributed by atoms with Crippen LogP contribution >= 0.6 is 0 Å². The Morgan fingerprint density at radius 1 is 0.544 bits per heavy atom. The third-order valence-electron chi connectivity index (χ3n) is 15.2. The van der Waals surface area contributed by atoms with E-state index >= 15 is 0 Å². The van der Waals surface area contributed by atoms with Crippen molar-refractivity contribution >= 4 is 74.8 Å². The molecule has 0 spiro atoms. The van der Waals surface area contributed by atoms with Crippen LogP contribution < -0.4 is 21.3 Å². The SMILES string of the molecule is Cc1ccc([C@H](NC2=NS(=O)N=C2Nc2cccc(C(=O)N3CCN(C(=O)c4ccccn4)CC3)c2O)C2CCCC2)o1.Cc1ccc([C@H](NC2=NS(=O)N=C2Nc2cccc(C(=O)N3CCN(C)CC3)c2O)C2CCCC2)o1. The van der Waals surface area contributed by atoms with Gasteiger partial charge in [-0.15, -0.1) is 17.6 Å². The number of likely N-dealkylation sites (N-methyl/N-ethyl adjacent to an activating group) is 1. The summed E-state index contributed by atoms with van der Waals surface area (Å²) >= 11 is -3.64. The van der Waals surface area contributed by atoms with E-state index in [4.69, 9.17) is 8.83 Å². The van der Waals surface area contributed by atoms with E-state index in [1.165, 1.54) is 0 Å². The molecule has 0 radical (unpaired) electrons. The van der Waals surface area contributed by atoms with Crippen molar-refractivity contribution in [1.29, 1.82) is 0 Å². The lowest BCUT2D eigenvalue weighted by atomic mass is 9.96. The number of hydrogen-bond acceptors (Lipinski definition) is 15. The maximum absolute atomic E-state index is 13.4. The van der Waals surface area contributed by atoms with Crippen molar-refractivity contribution in [2.45, 2.75) is 77.3 Å². The van der Waals surface area contributed by atoms with Crippen LogP contribution in [0.3, 0.4) is 0 Å². The molecule has 3 amide bonds. The van der Waals surface area contributed by atoms with Gasteiger partial charge in [-0.2, -0.15) is 0 Å².